The lowest BCUT2D eigenvalue weighted by Gasteiger charge is -2.24. The molecule has 0 amide bonds. The molecule has 96 valence electrons. The van der Waals surface area contributed by atoms with Gasteiger partial charge in [-0.1, -0.05) is 0 Å². The molecule has 1 aromatic carbocycles. The van der Waals surface area contributed by atoms with Gasteiger partial charge < -0.3 is 20.5 Å². The summed E-state index contributed by atoms with van der Waals surface area (Å²) in [6, 6.07) is 3.91. The smallest absolute Gasteiger partial charge is 0.124 e. The van der Waals surface area contributed by atoms with Crippen LogP contribution in [0.5, 0.6) is 5.75 Å². The van der Waals surface area contributed by atoms with E-state index in [-0.39, 0.29) is 12.6 Å². The molecule has 4 heteroatoms. The lowest BCUT2D eigenvalue weighted by molar-refractivity contribution is 0.267. The Hall–Kier alpha value is -1.26. The van der Waals surface area contributed by atoms with Crippen molar-refractivity contribution >= 4 is 5.69 Å². The summed E-state index contributed by atoms with van der Waals surface area (Å²) < 4.78 is 5.33. The van der Waals surface area contributed by atoms with Gasteiger partial charge in [-0.25, -0.2) is 0 Å². The zero-order chi connectivity index (χ0) is 13.0. The van der Waals surface area contributed by atoms with Gasteiger partial charge >= 0.3 is 0 Å². The van der Waals surface area contributed by atoms with Gasteiger partial charge in [-0.3, -0.25) is 0 Å². The molecule has 0 heterocycles. The van der Waals surface area contributed by atoms with Gasteiger partial charge in [-0.15, -0.1) is 0 Å². The van der Waals surface area contributed by atoms with Gasteiger partial charge in [0.1, 0.15) is 5.75 Å². The Morgan fingerprint density at radius 2 is 1.88 bits per heavy atom. The molecule has 0 aromatic heterocycles. The van der Waals surface area contributed by atoms with E-state index in [0.717, 1.165) is 22.6 Å². The summed E-state index contributed by atoms with van der Waals surface area (Å²) in [5.74, 6) is 0.925. The van der Waals surface area contributed by atoms with E-state index in [9.17, 15) is 0 Å². The van der Waals surface area contributed by atoms with E-state index in [0.29, 0.717) is 6.54 Å². The summed E-state index contributed by atoms with van der Waals surface area (Å²) in [6.45, 7) is 4.67. The van der Waals surface area contributed by atoms with E-state index in [2.05, 4.69) is 12.1 Å². The molecule has 0 radical (unpaired) electrons. The first-order chi connectivity index (χ1) is 7.99. The van der Waals surface area contributed by atoms with Gasteiger partial charge in [0, 0.05) is 25.3 Å². The highest BCUT2D eigenvalue weighted by Gasteiger charge is 2.10. The highest BCUT2D eigenvalue weighted by Crippen LogP contribution is 2.28. The van der Waals surface area contributed by atoms with Crippen molar-refractivity contribution in [2.45, 2.75) is 19.9 Å². The highest BCUT2D eigenvalue weighted by atomic mass is 16.5. The number of anilines is 1. The molecule has 1 unspecified atom stereocenters. The molecule has 0 aliphatic rings. The molecule has 4 nitrogen and oxygen atoms in total. The number of nitrogens with two attached hydrogens (primary N) is 1. The van der Waals surface area contributed by atoms with Crippen molar-refractivity contribution < 1.29 is 9.84 Å². The molecule has 0 saturated carbocycles. The van der Waals surface area contributed by atoms with Crippen molar-refractivity contribution in [1.29, 1.82) is 0 Å². The first-order valence-corrected chi connectivity index (χ1v) is 5.72. The predicted molar refractivity (Wildman–Crippen MR) is 70.8 cm³/mol. The molecule has 0 fully saturated rings. The monoisotopic (exact) mass is 238 g/mol. The van der Waals surface area contributed by atoms with Crippen molar-refractivity contribution in [1.82, 2.24) is 0 Å². The molecule has 3 N–H and O–H groups in total. The number of likely N-dealkylation sites (N-methyl/N-ethyl adjacent to an activating group) is 1. The molecule has 1 rings (SSSR count). The van der Waals surface area contributed by atoms with Crippen LogP contribution < -0.4 is 15.4 Å². The Morgan fingerprint density at radius 3 is 2.29 bits per heavy atom. The van der Waals surface area contributed by atoms with E-state index in [4.69, 9.17) is 15.6 Å². The van der Waals surface area contributed by atoms with E-state index < -0.39 is 0 Å². The average Bonchev–Trinajstić information content (AvgIpc) is 2.28. The normalized spacial score (nSPS) is 12.4. The van der Waals surface area contributed by atoms with Crippen molar-refractivity contribution in [3.63, 3.8) is 0 Å². The van der Waals surface area contributed by atoms with Crippen LogP contribution in [-0.2, 0) is 0 Å². The van der Waals surface area contributed by atoms with E-state index in [1.54, 1.807) is 7.11 Å². The Morgan fingerprint density at radius 1 is 1.35 bits per heavy atom. The molecule has 0 bridgehead atoms. The van der Waals surface area contributed by atoms with E-state index >= 15 is 0 Å². The number of aliphatic hydroxyl groups excluding tert-OH is 1. The maximum absolute atomic E-state index is 8.95. The third kappa shape index (κ3) is 3.35. The average molecular weight is 238 g/mol. The van der Waals surface area contributed by atoms with Crippen LogP contribution in [0.2, 0.25) is 0 Å². The first kappa shape index (κ1) is 13.8. The van der Waals surface area contributed by atoms with Crippen LogP contribution in [0.1, 0.15) is 11.1 Å². The fourth-order valence-corrected chi connectivity index (χ4v) is 1.98. The Bertz CT molecular complexity index is 357. The van der Waals surface area contributed by atoms with Crippen LogP contribution in [0.15, 0.2) is 12.1 Å². The number of ether oxygens (including phenoxy) is 1. The van der Waals surface area contributed by atoms with Gasteiger partial charge in [-0.05, 0) is 37.1 Å². The largest absolute Gasteiger partial charge is 0.496 e. The molecule has 0 aliphatic carbocycles. The number of nitrogens with zero attached hydrogens (tertiary/aromatic N) is 1. The fourth-order valence-electron chi connectivity index (χ4n) is 1.98. The second kappa shape index (κ2) is 5.89. The third-order valence-electron chi connectivity index (χ3n) is 2.83. The molecule has 0 spiro atoms. The Kier molecular flexibility index (Phi) is 4.78. The highest BCUT2D eigenvalue weighted by molar-refractivity contribution is 5.56. The Balaban J connectivity index is 2.92. The second-order valence-corrected chi connectivity index (χ2v) is 4.44. The van der Waals surface area contributed by atoms with Crippen LogP contribution in [0, 0.1) is 13.8 Å². The number of methoxy groups -OCH3 is 1. The summed E-state index contributed by atoms with van der Waals surface area (Å²) in [6.07, 6.45) is 0. The molecule has 0 aliphatic heterocycles. The molecular formula is C13H22N2O2. The minimum absolute atomic E-state index is 0.00153. The minimum atomic E-state index is -0.220. The quantitative estimate of drug-likeness (QED) is 0.805. The lowest BCUT2D eigenvalue weighted by Crippen LogP contribution is -2.37. The summed E-state index contributed by atoms with van der Waals surface area (Å²) >= 11 is 0. The van der Waals surface area contributed by atoms with Crippen LogP contribution in [-0.4, -0.2) is 38.5 Å². The fraction of sp³-hybridized carbons (Fsp3) is 0.538. The van der Waals surface area contributed by atoms with Gasteiger partial charge in [0.05, 0.1) is 13.7 Å². The molecule has 1 atom stereocenters. The zero-order valence-electron chi connectivity index (χ0n) is 11.0. The van der Waals surface area contributed by atoms with Crippen LogP contribution in [0.3, 0.4) is 0 Å². The summed E-state index contributed by atoms with van der Waals surface area (Å²) in [5, 5.41) is 8.95. The zero-order valence-corrected chi connectivity index (χ0v) is 11.0. The van der Waals surface area contributed by atoms with E-state index in [1.807, 2.05) is 25.8 Å². The number of benzene rings is 1. The number of rotatable bonds is 5. The number of hydrogen-bond donors (Lipinski definition) is 2. The second-order valence-electron chi connectivity index (χ2n) is 4.44. The van der Waals surface area contributed by atoms with Crippen molar-refractivity contribution in [3.05, 3.63) is 23.3 Å². The summed E-state index contributed by atoms with van der Waals surface area (Å²) in [4.78, 5) is 2.04. The molecule has 0 saturated heterocycles. The van der Waals surface area contributed by atoms with E-state index in [1.165, 1.54) is 0 Å². The molecule has 17 heavy (non-hydrogen) atoms. The van der Waals surface area contributed by atoms with Crippen molar-refractivity contribution in [3.8, 4) is 5.75 Å². The van der Waals surface area contributed by atoms with Gasteiger partial charge in [-0.2, -0.15) is 0 Å². The van der Waals surface area contributed by atoms with Gasteiger partial charge in [0.15, 0.2) is 0 Å². The first-order valence-electron chi connectivity index (χ1n) is 5.72. The van der Waals surface area contributed by atoms with Crippen molar-refractivity contribution in [2.75, 3.05) is 32.2 Å². The predicted octanol–water partition coefficient (Wildman–Crippen LogP) is 1.07. The number of aryl methyl sites for hydroxylation is 2. The third-order valence-corrected chi connectivity index (χ3v) is 2.83. The number of hydrogen-bond acceptors (Lipinski definition) is 4. The summed E-state index contributed by atoms with van der Waals surface area (Å²) in [5.41, 5.74) is 9.02. The number of aliphatic hydroxyl groups is 1. The van der Waals surface area contributed by atoms with Crippen LogP contribution in [0.25, 0.3) is 0 Å². The SMILES string of the molecule is COc1c(C)cc(N(C)CC(N)CO)cc1C. The van der Waals surface area contributed by atoms with Crippen molar-refractivity contribution in [2.24, 2.45) is 5.73 Å². The topological polar surface area (TPSA) is 58.7 Å². The minimum Gasteiger partial charge on any atom is -0.496 e. The van der Waals surface area contributed by atoms with Gasteiger partial charge in [0.25, 0.3) is 0 Å². The lowest BCUT2D eigenvalue weighted by atomic mass is 10.1. The Labute approximate surface area is 103 Å². The molecular weight excluding hydrogens is 216 g/mol. The maximum atomic E-state index is 8.95. The van der Waals surface area contributed by atoms with Gasteiger partial charge in [0.2, 0.25) is 0 Å². The van der Waals surface area contributed by atoms with Crippen LogP contribution in [0.4, 0.5) is 5.69 Å². The summed E-state index contributed by atoms with van der Waals surface area (Å²) in [7, 11) is 3.65. The maximum Gasteiger partial charge on any atom is 0.124 e. The van der Waals surface area contributed by atoms with Crippen LogP contribution >= 0.6 is 0 Å². The molecule has 1 aromatic rings. The standard InChI is InChI=1S/C13H22N2O2/c1-9-5-12(6-10(2)13(9)17-4)15(3)7-11(14)8-16/h5-6,11,16H,7-8,14H2,1-4H3.